The summed E-state index contributed by atoms with van der Waals surface area (Å²) >= 11 is 0. The van der Waals surface area contributed by atoms with Gasteiger partial charge in [-0.1, -0.05) is 38.1 Å². The second kappa shape index (κ2) is 4.58. The molecule has 0 fully saturated rings. The molecule has 0 aliphatic heterocycles. The molecule has 0 aromatic heterocycles. The Balaban J connectivity index is 2.86. The van der Waals surface area contributed by atoms with Gasteiger partial charge in [0.2, 0.25) is 0 Å². The molecule has 1 rings (SSSR count). The topological polar surface area (TPSA) is 38.0 Å². The smallest absolute Gasteiger partial charge is 0.0429 e. The van der Waals surface area contributed by atoms with Gasteiger partial charge in [0.25, 0.3) is 0 Å². The fraction of sp³-hybridized carbons (Fsp3) is 0.500. The van der Waals surface area contributed by atoms with Crippen molar-refractivity contribution in [3.05, 3.63) is 35.4 Å². The lowest BCUT2D eigenvalue weighted by Crippen LogP contribution is -2.36. The molecule has 0 saturated heterocycles. The fourth-order valence-corrected chi connectivity index (χ4v) is 1.81. The number of hydrogen-bond donors (Lipinski definition) is 2. The molecule has 1 aromatic rings. The standard InChI is InChI=1S/C12H20N2/c1-10-6-4-5-7-11(10)12(2,3)8-14-9-13/h4-7,14H,8-9,13H2,1-3H3. The van der Waals surface area contributed by atoms with Gasteiger partial charge in [0.15, 0.2) is 0 Å². The highest BCUT2D eigenvalue weighted by molar-refractivity contribution is 5.32. The van der Waals surface area contributed by atoms with Crippen LogP contribution >= 0.6 is 0 Å². The lowest BCUT2D eigenvalue weighted by molar-refractivity contribution is 0.472. The first-order valence-corrected chi connectivity index (χ1v) is 5.05. The third kappa shape index (κ3) is 2.56. The summed E-state index contributed by atoms with van der Waals surface area (Å²) in [7, 11) is 0. The van der Waals surface area contributed by atoms with E-state index in [2.05, 4.69) is 50.4 Å². The van der Waals surface area contributed by atoms with Crippen LogP contribution in [0.4, 0.5) is 0 Å². The Morgan fingerprint density at radius 3 is 2.50 bits per heavy atom. The summed E-state index contributed by atoms with van der Waals surface area (Å²) in [6.45, 7) is 8.07. The number of aryl methyl sites for hydroxylation is 1. The lowest BCUT2D eigenvalue weighted by atomic mass is 9.82. The Kier molecular flexibility index (Phi) is 3.67. The molecule has 3 N–H and O–H groups in total. The first kappa shape index (κ1) is 11.2. The molecule has 0 bridgehead atoms. The largest absolute Gasteiger partial charge is 0.318 e. The first-order chi connectivity index (χ1) is 6.58. The summed E-state index contributed by atoms with van der Waals surface area (Å²) in [4.78, 5) is 0. The monoisotopic (exact) mass is 192 g/mol. The summed E-state index contributed by atoms with van der Waals surface area (Å²) in [5.74, 6) is 0. The molecular formula is C12H20N2. The van der Waals surface area contributed by atoms with E-state index in [0.29, 0.717) is 6.67 Å². The zero-order chi connectivity index (χ0) is 10.6. The van der Waals surface area contributed by atoms with Gasteiger partial charge in [-0.2, -0.15) is 0 Å². The molecule has 2 nitrogen and oxygen atoms in total. The fourth-order valence-electron chi connectivity index (χ4n) is 1.81. The van der Waals surface area contributed by atoms with Crippen molar-refractivity contribution in [1.82, 2.24) is 5.32 Å². The first-order valence-electron chi connectivity index (χ1n) is 5.05. The van der Waals surface area contributed by atoms with Gasteiger partial charge in [-0.05, 0) is 18.1 Å². The maximum atomic E-state index is 5.44. The highest BCUT2D eigenvalue weighted by atomic mass is 15.0. The van der Waals surface area contributed by atoms with Crippen molar-refractivity contribution in [2.75, 3.05) is 13.2 Å². The predicted molar refractivity (Wildman–Crippen MR) is 61.3 cm³/mol. The number of nitrogens with one attached hydrogen (secondary N) is 1. The van der Waals surface area contributed by atoms with E-state index in [-0.39, 0.29) is 5.41 Å². The molecule has 0 aliphatic rings. The van der Waals surface area contributed by atoms with Crippen LogP contribution in [0.5, 0.6) is 0 Å². The number of nitrogens with two attached hydrogens (primary N) is 1. The van der Waals surface area contributed by atoms with Crippen molar-refractivity contribution < 1.29 is 0 Å². The molecule has 0 heterocycles. The van der Waals surface area contributed by atoms with Gasteiger partial charge in [-0.3, -0.25) is 0 Å². The Morgan fingerprint density at radius 1 is 1.29 bits per heavy atom. The van der Waals surface area contributed by atoms with E-state index in [1.807, 2.05) is 0 Å². The summed E-state index contributed by atoms with van der Waals surface area (Å²) in [5, 5.41) is 3.19. The summed E-state index contributed by atoms with van der Waals surface area (Å²) in [5.41, 5.74) is 8.32. The van der Waals surface area contributed by atoms with Gasteiger partial charge < -0.3 is 11.1 Å². The van der Waals surface area contributed by atoms with Crippen LogP contribution in [0.3, 0.4) is 0 Å². The molecule has 0 unspecified atom stereocenters. The van der Waals surface area contributed by atoms with Crippen LogP contribution in [0.15, 0.2) is 24.3 Å². The predicted octanol–water partition coefficient (Wildman–Crippen LogP) is 1.78. The van der Waals surface area contributed by atoms with E-state index in [4.69, 9.17) is 5.73 Å². The summed E-state index contributed by atoms with van der Waals surface area (Å²) in [6, 6.07) is 8.50. The molecule has 0 amide bonds. The molecule has 0 atom stereocenters. The van der Waals surface area contributed by atoms with Crippen LogP contribution in [-0.4, -0.2) is 13.2 Å². The van der Waals surface area contributed by atoms with Crippen LogP contribution in [-0.2, 0) is 5.41 Å². The SMILES string of the molecule is Cc1ccccc1C(C)(C)CNCN. The van der Waals surface area contributed by atoms with Gasteiger partial charge in [0.1, 0.15) is 0 Å². The maximum Gasteiger partial charge on any atom is 0.0429 e. The lowest BCUT2D eigenvalue weighted by Gasteiger charge is -2.27. The molecule has 2 heteroatoms. The van der Waals surface area contributed by atoms with E-state index in [9.17, 15) is 0 Å². The van der Waals surface area contributed by atoms with Gasteiger partial charge in [0, 0.05) is 18.6 Å². The molecule has 78 valence electrons. The van der Waals surface area contributed by atoms with Crippen molar-refractivity contribution in [1.29, 1.82) is 0 Å². The van der Waals surface area contributed by atoms with Crippen LogP contribution in [0.1, 0.15) is 25.0 Å². The molecule has 0 spiro atoms. The number of hydrogen-bond acceptors (Lipinski definition) is 2. The average Bonchev–Trinajstić information content (AvgIpc) is 2.15. The normalized spacial score (nSPS) is 11.7. The Hall–Kier alpha value is -0.860. The van der Waals surface area contributed by atoms with Gasteiger partial charge in [0.05, 0.1) is 0 Å². The van der Waals surface area contributed by atoms with Crippen molar-refractivity contribution in [2.45, 2.75) is 26.2 Å². The molecule has 0 saturated carbocycles. The van der Waals surface area contributed by atoms with E-state index < -0.39 is 0 Å². The van der Waals surface area contributed by atoms with Crippen molar-refractivity contribution in [3.63, 3.8) is 0 Å². The minimum absolute atomic E-state index is 0.144. The minimum Gasteiger partial charge on any atom is -0.318 e. The van der Waals surface area contributed by atoms with Gasteiger partial charge in [-0.25, -0.2) is 0 Å². The number of rotatable bonds is 4. The van der Waals surface area contributed by atoms with Crippen LogP contribution < -0.4 is 11.1 Å². The van der Waals surface area contributed by atoms with E-state index >= 15 is 0 Å². The Morgan fingerprint density at radius 2 is 1.93 bits per heavy atom. The third-order valence-electron chi connectivity index (χ3n) is 2.59. The Labute approximate surface area is 86.5 Å². The van der Waals surface area contributed by atoms with Gasteiger partial charge >= 0.3 is 0 Å². The van der Waals surface area contributed by atoms with E-state index in [0.717, 1.165) is 6.54 Å². The van der Waals surface area contributed by atoms with E-state index in [1.165, 1.54) is 11.1 Å². The summed E-state index contributed by atoms with van der Waals surface area (Å²) in [6.07, 6.45) is 0. The van der Waals surface area contributed by atoms with Crippen LogP contribution in [0, 0.1) is 6.92 Å². The van der Waals surface area contributed by atoms with E-state index in [1.54, 1.807) is 0 Å². The van der Waals surface area contributed by atoms with Crippen molar-refractivity contribution >= 4 is 0 Å². The van der Waals surface area contributed by atoms with Crippen molar-refractivity contribution in [2.24, 2.45) is 5.73 Å². The number of benzene rings is 1. The van der Waals surface area contributed by atoms with Crippen molar-refractivity contribution in [3.8, 4) is 0 Å². The maximum absolute atomic E-state index is 5.44. The zero-order valence-corrected chi connectivity index (χ0v) is 9.30. The highest BCUT2D eigenvalue weighted by Gasteiger charge is 2.21. The summed E-state index contributed by atoms with van der Waals surface area (Å²) < 4.78 is 0. The molecule has 1 aromatic carbocycles. The van der Waals surface area contributed by atoms with Gasteiger partial charge in [-0.15, -0.1) is 0 Å². The Bertz CT molecular complexity index is 292. The van der Waals surface area contributed by atoms with Crippen LogP contribution in [0.25, 0.3) is 0 Å². The van der Waals surface area contributed by atoms with Crippen LogP contribution in [0.2, 0.25) is 0 Å². The quantitative estimate of drug-likeness (QED) is 0.714. The third-order valence-corrected chi connectivity index (χ3v) is 2.59. The highest BCUT2D eigenvalue weighted by Crippen LogP contribution is 2.24. The molecule has 0 aliphatic carbocycles. The average molecular weight is 192 g/mol. The second-order valence-corrected chi connectivity index (χ2v) is 4.33. The molecule has 0 radical (unpaired) electrons. The molecule has 14 heavy (non-hydrogen) atoms. The minimum atomic E-state index is 0.144. The molecular weight excluding hydrogens is 172 g/mol. The zero-order valence-electron chi connectivity index (χ0n) is 9.30. The second-order valence-electron chi connectivity index (χ2n) is 4.33.